The number of benzene rings is 1. The summed E-state index contributed by atoms with van der Waals surface area (Å²) in [6, 6.07) is 9.93. The molecular weight excluding hydrogens is 408 g/mol. The zero-order chi connectivity index (χ0) is 23.0. The second kappa shape index (κ2) is 11.5. The summed E-state index contributed by atoms with van der Waals surface area (Å²) in [5.41, 5.74) is 0.522. The zero-order valence-electron chi connectivity index (χ0n) is 19.8. The minimum Gasteiger partial charge on any atom is -0.445 e. The number of amides is 2. The number of rotatable bonds is 6. The highest BCUT2D eigenvalue weighted by molar-refractivity contribution is 5.68. The SMILES string of the molecule is CC(C)(C)OC(=O)N1CCC(OCC[C@H]2CCCCN2C(=O)OCc2ccccc2)CC1. The Bertz CT molecular complexity index is 726. The zero-order valence-corrected chi connectivity index (χ0v) is 19.8. The van der Waals surface area contributed by atoms with Gasteiger partial charge in [-0.25, -0.2) is 9.59 Å². The molecule has 0 aromatic heterocycles. The number of carbonyl (C=O) groups is 2. The van der Waals surface area contributed by atoms with Crippen LogP contribution in [0.5, 0.6) is 0 Å². The molecule has 7 heteroatoms. The fraction of sp³-hybridized carbons (Fsp3) is 0.680. The van der Waals surface area contributed by atoms with E-state index in [9.17, 15) is 9.59 Å². The predicted octanol–water partition coefficient (Wildman–Crippen LogP) is 4.98. The Hall–Kier alpha value is -2.28. The molecule has 3 rings (SSSR count). The van der Waals surface area contributed by atoms with Gasteiger partial charge in [0.2, 0.25) is 0 Å². The van der Waals surface area contributed by atoms with Crippen LogP contribution < -0.4 is 0 Å². The number of nitrogens with zero attached hydrogens (tertiary/aromatic N) is 2. The summed E-state index contributed by atoms with van der Waals surface area (Å²) >= 11 is 0. The Balaban J connectivity index is 1.38. The molecule has 0 saturated carbocycles. The summed E-state index contributed by atoms with van der Waals surface area (Å²) in [5.74, 6) is 0. The van der Waals surface area contributed by atoms with Crippen molar-refractivity contribution < 1.29 is 23.8 Å². The molecule has 1 atom stereocenters. The van der Waals surface area contributed by atoms with Crippen LogP contribution in [0, 0.1) is 0 Å². The van der Waals surface area contributed by atoms with Crippen molar-refractivity contribution in [2.75, 3.05) is 26.2 Å². The fourth-order valence-corrected chi connectivity index (χ4v) is 4.25. The molecule has 0 radical (unpaired) electrons. The van der Waals surface area contributed by atoms with Crippen LogP contribution in [0.3, 0.4) is 0 Å². The summed E-state index contributed by atoms with van der Waals surface area (Å²) in [4.78, 5) is 28.5. The maximum absolute atomic E-state index is 12.7. The Morgan fingerprint density at radius 1 is 0.969 bits per heavy atom. The van der Waals surface area contributed by atoms with Gasteiger partial charge in [0.25, 0.3) is 0 Å². The van der Waals surface area contributed by atoms with Crippen molar-refractivity contribution in [1.29, 1.82) is 0 Å². The van der Waals surface area contributed by atoms with Gasteiger partial charge in [0, 0.05) is 32.3 Å². The number of ether oxygens (including phenoxy) is 3. The van der Waals surface area contributed by atoms with Crippen molar-refractivity contribution in [2.24, 2.45) is 0 Å². The summed E-state index contributed by atoms with van der Waals surface area (Å²) in [7, 11) is 0. The van der Waals surface area contributed by atoms with Crippen LogP contribution in [0.4, 0.5) is 9.59 Å². The number of piperidine rings is 2. The van der Waals surface area contributed by atoms with E-state index in [1.165, 1.54) is 0 Å². The number of carbonyl (C=O) groups excluding carboxylic acids is 2. The molecule has 2 saturated heterocycles. The van der Waals surface area contributed by atoms with E-state index in [1.807, 2.05) is 56.0 Å². The normalized spacial score (nSPS) is 20.2. The lowest BCUT2D eigenvalue weighted by atomic mass is 10.00. The lowest BCUT2D eigenvalue weighted by Gasteiger charge is -2.36. The number of likely N-dealkylation sites (tertiary alicyclic amines) is 2. The molecule has 32 heavy (non-hydrogen) atoms. The van der Waals surface area contributed by atoms with Gasteiger partial charge in [-0.05, 0) is 64.9 Å². The van der Waals surface area contributed by atoms with E-state index >= 15 is 0 Å². The first-order chi connectivity index (χ1) is 15.3. The molecule has 2 heterocycles. The maximum Gasteiger partial charge on any atom is 0.410 e. The third kappa shape index (κ3) is 7.69. The van der Waals surface area contributed by atoms with Crippen molar-refractivity contribution in [2.45, 2.75) is 83.6 Å². The van der Waals surface area contributed by atoms with Crippen molar-refractivity contribution in [3.63, 3.8) is 0 Å². The van der Waals surface area contributed by atoms with Crippen LogP contribution in [0.2, 0.25) is 0 Å². The van der Waals surface area contributed by atoms with Gasteiger partial charge in [-0.3, -0.25) is 0 Å². The van der Waals surface area contributed by atoms with E-state index in [2.05, 4.69) is 0 Å². The molecule has 178 valence electrons. The summed E-state index contributed by atoms with van der Waals surface area (Å²) in [6.45, 7) is 8.61. The van der Waals surface area contributed by atoms with E-state index in [-0.39, 0.29) is 24.3 Å². The van der Waals surface area contributed by atoms with Crippen molar-refractivity contribution in [3.05, 3.63) is 35.9 Å². The first-order valence-electron chi connectivity index (χ1n) is 11.9. The molecule has 2 fully saturated rings. The quantitative estimate of drug-likeness (QED) is 0.616. The van der Waals surface area contributed by atoms with E-state index < -0.39 is 5.60 Å². The molecule has 0 unspecified atom stereocenters. The lowest BCUT2D eigenvalue weighted by Crippen LogP contribution is -2.45. The summed E-state index contributed by atoms with van der Waals surface area (Å²) in [5, 5.41) is 0. The van der Waals surface area contributed by atoms with Crippen LogP contribution in [0.25, 0.3) is 0 Å². The van der Waals surface area contributed by atoms with Crippen LogP contribution in [0.1, 0.15) is 64.9 Å². The second-order valence-corrected chi connectivity index (χ2v) is 9.71. The monoisotopic (exact) mass is 446 g/mol. The Kier molecular flexibility index (Phi) is 8.79. The number of hydrogen-bond acceptors (Lipinski definition) is 5. The molecule has 0 spiro atoms. The smallest absolute Gasteiger partial charge is 0.410 e. The Morgan fingerprint density at radius 2 is 1.69 bits per heavy atom. The molecule has 0 aliphatic carbocycles. The predicted molar refractivity (Wildman–Crippen MR) is 122 cm³/mol. The number of hydrogen-bond donors (Lipinski definition) is 0. The van der Waals surface area contributed by atoms with Gasteiger partial charge >= 0.3 is 12.2 Å². The van der Waals surface area contributed by atoms with E-state index in [1.54, 1.807) is 4.90 Å². The van der Waals surface area contributed by atoms with Crippen LogP contribution in [-0.2, 0) is 20.8 Å². The highest BCUT2D eigenvalue weighted by Crippen LogP contribution is 2.23. The van der Waals surface area contributed by atoms with Crippen molar-refractivity contribution in [1.82, 2.24) is 9.80 Å². The minimum atomic E-state index is -0.474. The first-order valence-corrected chi connectivity index (χ1v) is 11.9. The highest BCUT2D eigenvalue weighted by Gasteiger charge is 2.29. The Labute approximate surface area is 192 Å². The van der Waals surface area contributed by atoms with Gasteiger partial charge in [-0.1, -0.05) is 30.3 Å². The molecule has 2 amide bonds. The van der Waals surface area contributed by atoms with E-state index in [4.69, 9.17) is 14.2 Å². The molecule has 7 nitrogen and oxygen atoms in total. The maximum atomic E-state index is 12.7. The lowest BCUT2D eigenvalue weighted by molar-refractivity contribution is -0.0176. The highest BCUT2D eigenvalue weighted by atomic mass is 16.6. The van der Waals surface area contributed by atoms with Crippen LogP contribution >= 0.6 is 0 Å². The standard InChI is InChI=1S/C25H38N2O5/c1-25(2,3)32-23(28)26-16-12-22(13-17-26)30-18-14-21-11-7-8-15-27(21)24(29)31-19-20-9-5-4-6-10-20/h4-6,9-10,21-22H,7-8,11-19H2,1-3H3/t21-/m1/s1. The van der Waals surface area contributed by atoms with Gasteiger partial charge in [0.15, 0.2) is 0 Å². The van der Waals surface area contributed by atoms with Gasteiger partial charge in [-0.15, -0.1) is 0 Å². The Morgan fingerprint density at radius 3 is 2.38 bits per heavy atom. The molecule has 0 N–H and O–H groups in total. The summed E-state index contributed by atoms with van der Waals surface area (Å²) < 4.78 is 17.1. The van der Waals surface area contributed by atoms with E-state index in [0.29, 0.717) is 26.3 Å². The van der Waals surface area contributed by atoms with Gasteiger partial charge in [-0.2, -0.15) is 0 Å². The minimum absolute atomic E-state index is 0.149. The average Bonchev–Trinajstić information content (AvgIpc) is 2.78. The molecule has 1 aromatic rings. The molecule has 0 bridgehead atoms. The topological polar surface area (TPSA) is 68.3 Å². The second-order valence-electron chi connectivity index (χ2n) is 9.71. The van der Waals surface area contributed by atoms with Gasteiger partial charge in [0.1, 0.15) is 12.2 Å². The summed E-state index contributed by atoms with van der Waals surface area (Å²) in [6.07, 6.45) is 5.23. The molecule has 2 aliphatic heterocycles. The molecule has 2 aliphatic rings. The third-order valence-corrected chi connectivity index (χ3v) is 5.97. The van der Waals surface area contributed by atoms with Crippen LogP contribution in [-0.4, -0.2) is 66.0 Å². The molecular formula is C25H38N2O5. The average molecular weight is 447 g/mol. The van der Waals surface area contributed by atoms with Crippen molar-refractivity contribution >= 4 is 12.2 Å². The third-order valence-electron chi connectivity index (χ3n) is 5.97. The first kappa shape index (κ1) is 24.4. The molecule has 1 aromatic carbocycles. The van der Waals surface area contributed by atoms with Crippen LogP contribution in [0.15, 0.2) is 30.3 Å². The van der Waals surface area contributed by atoms with Gasteiger partial charge in [0.05, 0.1) is 6.10 Å². The van der Waals surface area contributed by atoms with Gasteiger partial charge < -0.3 is 24.0 Å². The van der Waals surface area contributed by atoms with Crippen molar-refractivity contribution in [3.8, 4) is 0 Å². The van der Waals surface area contributed by atoms with E-state index in [0.717, 1.165) is 50.6 Å². The fourth-order valence-electron chi connectivity index (χ4n) is 4.25. The largest absolute Gasteiger partial charge is 0.445 e.